The van der Waals surface area contributed by atoms with Gasteiger partial charge < -0.3 is 5.32 Å². The van der Waals surface area contributed by atoms with Crippen molar-refractivity contribution in [2.75, 3.05) is 6.54 Å². The first-order valence-electron chi connectivity index (χ1n) is 7.09. The van der Waals surface area contributed by atoms with Gasteiger partial charge in [-0.1, -0.05) is 20.8 Å². The van der Waals surface area contributed by atoms with Crippen LogP contribution in [0.2, 0.25) is 0 Å². The lowest BCUT2D eigenvalue weighted by molar-refractivity contribution is 0.430. The molecule has 3 heteroatoms. The molecule has 2 rings (SSSR count). The quantitative estimate of drug-likeness (QED) is 0.850. The van der Waals surface area contributed by atoms with Gasteiger partial charge in [0.1, 0.15) is 0 Å². The van der Waals surface area contributed by atoms with Crippen molar-refractivity contribution in [2.24, 2.45) is 0 Å². The molecule has 0 aromatic carbocycles. The topological polar surface area (TPSA) is 29.9 Å². The molecule has 1 N–H and O–H groups in total. The molecule has 0 saturated heterocycles. The van der Waals surface area contributed by atoms with Crippen molar-refractivity contribution in [3.8, 4) is 0 Å². The zero-order valence-corrected chi connectivity index (χ0v) is 11.4. The fraction of sp³-hybridized carbons (Fsp3) is 0.786. The van der Waals surface area contributed by atoms with Crippen molar-refractivity contribution in [3.05, 3.63) is 17.5 Å². The van der Waals surface area contributed by atoms with Gasteiger partial charge in [-0.05, 0) is 44.7 Å². The smallest absolute Gasteiger partial charge is 0.0624 e. The van der Waals surface area contributed by atoms with Crippen molar-refractivity contribution in [1.29, 1.82) is 0 Å². The van der Waals surface area contributed by atoms with Crippen molar-refractivity contribution in [3.63, 3.8) is 0 Å². The summed E-state index contributed by atoms with van der Waals surface area (Å²) in [7, 11) is 0. The maximum Gasteiger partial charge on any atom is 0.0624 e. The fourth-order valence-electron chi connectivity index (χ4n) is 2.90. The van der Waals surface area contributed by atoms with Crippen LogP contribution in [0, 0.1) is 0 Å². The summed E-state index contributed by atoms with van der Waals surface area (Å²) < 4.78 is 2.30. The largest absolute Gasteiger partial charge is 0.314 e. The Morgan fingerprint density at radius 3 is 2.76 bits per heavy atom. The lowest BCUT2D eigenvalue weighted by atomic mass is 10.2. The Morgan fingerprint density at radius 1 is 1.29 bits per heavy atom. The third-order valence-electron chi connectivity index (χ3n) is 3.83. The minimum atomic E-state index is 0.620. The third-order valence-corrected chi connectivity index (χ3v) is 3.83. The highest BCUT2D eigenvalue weighted by atomic mass is 15.3. The average Bonchev–Trinajstić information content (AvgIpc) is 2.94. The maximum absolute atomic E-state index is 4.76. The van der Waals surface area contributed by atoms with Crippen LogP contribution in [0.25, 0.3) is 0 Å². The molecule has 3 nitrogen and oxygen atoms in total. The van der Waals surface area contributed by atoms with E-state index in [0.29, 0.717) is 12.1 Å². The summed E-state index contributed by atoms with van der Waals surface area (Å²) in [6, 6.07) is 3.60. The molecular weight excluding hydrogens is 210 g/mol. The molecule has 96 valence electrons. The highest BCUT2D eigenvalue weighted by molar-refractivity contribution is 5.12. The van der Waals surface area contributed by atoms with E-state index in [4.69, 9.17) is 5.10 Å². The summed E-state index contributed by atoms with van der Waals surface area (Å²) in [6.07, 6.45) is 5.95. The van der Waals surface area contributed by atoms with E-state index in [9.17, 15) is 0 Å². The van der Waals surface area contributed by atoms with Crippen molar-refractivity contribution >= 4 is 0 Å². The summed E-state index contributed by atoms with van der Waals surface area (Å²) in [4.78, 5) is 0. The fourth-order valence-corrected chi connectivity index (χ4v) is 2.90. The Bertz CT molecular complexity index is 356. The molecule has 0 spiro atoms. The average molecular weight is 235 g/mol. The number of aromatic nitrogens is 2. The van der Waals surface area contributed by atoms with E-state index in [2.05, 4.69) is 36.8 Å². The van der Waals surface area contributed by atoms with Crippen molar-refractivity contribution < 1.29 is 0 Å². The van der Waals surface area contributed by atoms with Gasteiger partial charge in [0.25, 0.3) is 0 Å². The van der Waals surface area contributed by atoms with Gasteiger partial charge in [0, 0.05) is 11.7 Å². The van der Waals surface area contributed by atoms with Crippen molar-refractivity contribution in [1.82, 2.24) is 15.1 Å². The van der Waals surface area contributed by atoms with Crippen LogP contribution in [0.15, 0.2) is 6.07 Å². The lowest BCUT2D eigenvalue weighted by Gasteiger charge is -2.15. The Labute approximate surface area is 105 Å². The molecule has 1 aromatic heterocycles. The zero-order chi connectivity index (χ0) is 12.3. The van der Waals surface area contributed by atoms with Gasteiger partial charge in [-0.3, -0.25) is 4.68 Å². The molecule has 1 heterocycles. The molecular formula is C14H25N3. The highest BCUT2D eigenvalue weighted by Gasteiger charge is 2.27. The molecule has 1 aliphatic carbocycles. The Morgan fingerprint density at radius 2 is 2.12 bits per heavy atom. The van der Waals surface area contributed by atoms with Gasteiger partial charge in [0.2, 0.25) is 0 Å². The second-order valence-electron chi connectivity index (χ2n) is 5.00. The van der Waals surface area contributed by atoms with E-state index in [1.54, 1.807) is 0 Å². The predicted octanol–water partition coefficient (Wildman–Crippen LogP) is 2.71. The SMILES string of the molecule is CCNC1CCC(n2nc(CC)cc2CC)C1. The molecule has 0 bridgehead atoms. The first kappa shape index (κ1) is 12.6. The second kappa shape index (κ2) is 5.67. The van der Waals surface area contributed by atoms with E-state index >= 15 is 0 Å². The first-order valence-corrected chi connectivity index (χ1v) is 7.09. The Hall–Kier alpha value is -0.830. The summed E-state index contributed by atoms with van der Waals surface area (Å²) >= 11 is 0. The normalized spacial score (nSPS) is 24.4. The molecule has 1 aromatic rings. The molecule has 1 saturated carbocycles. The number of rotatable bonds is 5. The molecule has 2 atom stereocenters. The van der Waals surface area contributed by atoms with Crippen LogP contribution in [0.4, 0.5) is 0 Å². The Balaban J connectivity index is 2.09. The minimum Gasteiger partial charge on any atom is -0.314 e. The molecule has 1 fully saturated rings. The van der Waals surface area contributed by atoms with Gasteiger partial charge in [-0.25, -0.2) is 0 Å². The monoisotopic (exact) mass is 235 g/mol. The van der Waals surface area contributed by atoms with E-state index in [1.165, 1.54) is 30.7 Å². The number of nitrogens with one attached hydrogen (secondary N) is 1. The molecule has 1 aliphatic rings. The minimum absolute atomic E-state index is 0.620. The highest BCUT2D eigenvalue weighted by Crippen LogP contribution is 2.31. The second-order valence-corrected chi connectivity index (χ2v) is 5.00. The molecule has 0 aliphatic heterocycles. The van der Waals surface area contributed by atoms with Gasteiger partial charge in [0.15, 0.2) is 0 Å². The van der Waals surface area contributed by atoms with Gasteiger partial charge in [-0.2, -0.15) is 5.10 Å². The number of nitrogens with zero attached hydrogens (tertiary/aromatic N) is 2. The zero-order valence-electron chi connectivity index (χ0n) is 11.4. The summed E-state index contributed by atoms with van der Waals surface area (Å²) in [5.74, 6) is 0. The number of hydrogen-bond donors (Lipinski definition) is 1. The van der Waals surface area contributed by atoms with Crippen LogP contribution in [-0.2, 0) is 12.8 Å². The Kier molecular flexibility index (Phi) is 4.21. The van der Waals surface area contributed by atoms with Crippen LogP contribution in [0.5, 0.6) is 0 Å². The standard InChI is InChI=1S/C14H25N3/c1-4-11-9-13(5-2)17(16-11)14-8-7-12(10-14)15-6-3/h9,12,14-15H,4-8,10H2,1-3H3. The van der Waals surface area contributed by atoms with Gasteiger partial charge in [-0.15, -0.1) is 0 Å². The van der Waals surface area contributed by atoms with E-state index in [-0.39, 0.29) is 0 Å². The van der Waals surface area contributed by atoms with Crippen LogP contribution in [0.1, 0.15) is 57.5 Å². The first-order chi connectivity index (χ1) is 8.28. The van der Waals surface area contributed by atoms with Crippen LogP contribution < -0.4 is 5.32 Å². The van der Waals surface area contributed by atoms with Crippen LogP contribution >= 0.6 is 0 Å². The summed E-state index contributed by atoms with van der Waals surface area (Å²) in [6.45, 7) is 7.68. The van der Waals surface area contributed by atoms with E-state index in [1.807, 2.05) is 0 Å². The van der Waals surface area contributed by atoms with Gasteiger partial charge in [0.05, 0.1) is 11.7 Å². The summed E-state index contributed by atoms with van der Waals surface area (Å²) in [5.41, 5.74) is 2.65. The maximum atomic E-state index is 4.76. The van der Waals surface area contributed by atoms with E-state index < -0.39 is 0 Å². The molecule has 17 heavy (non-hydrogen) atoms. The van der Waals surface area contributed by atoms with Crippen LogP contribution in [0.3, 0.4) is 0 Å². The molecule has 2 unspecified atom stereocenters. The molecule has 0 amide bonds. The lowest BCUT2D eigenvalue weighted by Crippen LogP contribution is -2.26. The number of aryl methyl sites for hydroxylation is 2. The third kappa shape index (κ3) is 2.71. The van der Waals surface area contributed by atoms with E-state index in [0.717, 1.165) is 19.4 Å². The summed E-state index contributed by atoms with van der Waals surface area (Å²) in [5, 5.41) is 8.33. The van der Waals surface area contributed by atoms with Gasteiger partial charge >= 0.3 is 0 Å². The molecule has 0 radical (unpaired) electrons. The van der Waals surface area contributed by atoms with Crippen molar-refractivity contribution in [2.45, 2.75) is 65.0 Å². The number of hydrogen-bond acceptors (Lipinski definition) is 2. The van der Waals surface area contributed by atoms with Crippen LogP contribution in [-0.4, -0.2) is 22.4 Å². The predicted molar refractivity (Wildman–Crippen MR) is 71.3 cm³/mol.